The Morgan fingerprint density at radius 1 is 0.459 bits per heavy atom. The van der Waals surface area contributed by atoms with E-state index < -0.39 is 0 Å². The van der Waals surface area contributed by atoms with E-state index >= 15 is 0 Å². The highest BCUT2D eigenvalue weighted by atomic mass is 16.3. The Bertz CT molecular complexity index is 4000. The van der Waals surface area contributed by atoms with Crippen molar-refractivity contribution in [3.05, 3.63) is 185 Å². The smallest absolute Gasteiger partial charge is 0.376 e. The average Bonchev–Trinajstić information content (AvgIpc) is 4.02. The number of hydrogen-bond acceptors (Lipinski definition) is 4. The standard InChI is InChI=1S/C69H65BN2O2/c1-65(2,3)42-23-27-44(28-24-42)71-61-52-34-41(40-18-14-13-15-19-40)22-31-59(52)74-64(61)70-60-50(36-51-46-20-16-17-21-58(46)73-63(51)62(60)71)49-35-47-48-37-55-56(68(9,10)33-32-67(55,7)8)38-53(48)69(11,12)54(47)39-57(49)72(70)45-29-25-43(26-30-45)66(4,5)6/h13-31,34-39H,32-33H2,1-12H3. The monoisotopic (exact) mass is 965 g/mol. The number of rotatable bonds is 3. The SMILES string of the molecule is CC(C)(C)c1ccc(N2B3c4oc5ccc(-c6ccccc6)cc5c4N(c4ccc(C(C)(C)C)cc4)c4c3c(cc3c4oc4ccccc43)-c3cc4c(cc32)C(C)(C)c2cc3c(cc2-4)C(C)(C)CCC3(C)C)cc1. The summed E-state index contributed by atoms with van der Waals surface area (Å²) in [5, 5.41) is 3.29. The van der Waals surface area contributed by atoms with E-state index in [1.807, 2.05) is 0 Å². The van der Waals surface area contributed by atoms with E-state index in [1.54, 1.807) is 0 Å². The van der Waals surface area contributed by atoms with Gasteiger partial charge in [0.15, 0.2) is 5.58 Å². The topological polar surface area (TPSA) is 32.8 Å². The third-order valence-electron chi connectivity index (χ3n) is 18.0. The molecule has 4 nitrogen and oxygen atoms in total. The molecule has 366 valence electrons. The van der Waals surface area contributed by atoms with Gasteiger partial charge in [0.1, 0.15) is 16.8 Å². The zero-order valence-electron chi connectivity index (χ0n) is 45.1. The Morgan fingerprint density at radius 2 is 1.05 bits per heavy atom. The zero-order chi connectivity index (χ0) is 51.2. The molecule has 74 heavy (non-hydrogen) atoms. The van der Waals surface area contributed by atoms with Gasteiger partial charge in [0.25, 0.3) is 0 Å². The molecular weight excluding hydrogens is 900 g/mol. The van der Waals surface area contributed by atoms with Crippen LogP contribution in [-0.4, -0.2) is 6.85 Å². The van der Waals surface area contributed by atoms with Crippen LogP contribution in [-0.2, 0) is 27.1 Å². The fraction of sp³-hybridized carbons (Fsp3) is 0.275. The van der Waals surface area contributed by atoms with Gasteiger partial charge in [-0.3, -0.25) is 0 Å². The summed E-state index contributed by atoms with van der Waals surface area (Å²) < 4.78 is 14.8. The number of furan rings is 2. The lowest BCUT2D eigenvalue weighted by molar-refractivity contribution is 0.331. The van der Waals surface area contributed by atoms with Crippen LogP contribution in [0.2, 0.25) is 0 Å². The van der Waals surface area contributed by atoms with Crippen LogP contribution in [0, 0.1) is 0 Å². The second-order valence-electron chi connectivity index (χ2n) is 26.0. The van der Waals surface area contributed by atoms with Gasteiger partial charge >= 0.3 is 6.85 Å². The van der Waals surface area contributed by atoms with Crippen LogP contribution in [0.4, 0.5) is 28.4 Å². The Kier molecular flexibility index (Phi) is 9.18. The summed E-state index contributed by atoms with van der Waals surface area (Å²) in [6.45, 7) is 28.2. The van der Waals surface area contributed by atoms with Crippen LogP contribution in [0.25, 0.3) is 66.3 Å². The van der Waals surface area contributed by atoms with Crippen LogP contribution in [0.15, 0.2) is 160 Å². The maximum atomic E-state index is 7.54. The number of nitrogens with zero attached hydrogens (tertiary/aromatic N) is 2. The molecule has 0 radical (unpaired) electrons. The average molecular weight is 965 g/mol. The van der Waals surface area contributed by atoms with E-state index in [-0.39, 0.29) is 33.9 Å². The number of benzene rings is 8. The molecule has 0 amide bonds. The van der Waals surface area contributed by atoms with Gasteiger partial charge in [0, 0.05) is 44.2 Å². The number of hydrogen-bond donors (Lipinski definition) is 0. The van der Waals surface area contributed by atoms with Crippen molar-refractivity contribution < 1.29 is 8.83 Å². The minimum Gasteiger partial charge on any atom is -0.466 e. The van der Waals surface area contributed by atoms with Gasteiger partial charge in [0.05, 0.1) is 11.4 Å². The van der Waals surface area contributed by atoms with Crippen molar-refractivity contribution in [2.24, 2.45) is 0 Å². The summed E-state index contributed by atoms with van der Waals surface area (Å²) in [7, 11) is 0. The summed E-state index contributed by atoms with van der Waals surface area (Å²) in [6.07, 6.45) is 2.36. The molecule has 2 aliphatic carbocycles. The highest BCUT2D eigenvalue weighted by Gasteiger charge is 2.52. The molecule has 8 aromatic carbocycles. The maximum Gasteiger partial charge on any atom is 0.376 e. The summed E-state index contributed by atoms with van der Waals surface area (Å²) in [4.78, 5) is 5.12. The molecule has 0 unspecified atom stereocenters. The minimum absolute atomic E-state index is 0.0137. The number of para-hydroxylation sites is 1. The molecule has 0 spiro atoms. The van der Waals surface area contributed by atoms with Gasteiger partial charge in [-0.25, -0.2) is 0 Å². The highest BCUT2D eigenvalue weighted by Crippen LogP contribution is 2.59. The molecule has 0 N–H and O–H groups in total. The third-order valence-corrected chi connectivity index (χ3v) is 18.0. The van der Waals surface area contributed by atoms with Crippen molar-refractivity contribution in [1.29, 1.82) is 0 Å². The zero-order valence-corrected chi connectivity index (χ0v) is 45.1. The summed E-state index contributed by atoms with van der Waals surface area (Å²) in [6, 6.07) is 57.6. The van der Waals surface area contributed by atoms with E-state index in [4.69, 9.17) is 8.83 Å². The van der Waals surface area contributed by atoms with Crippen molar-refractivity contribution in [2.75, 3.05) is 9.71 Å². The maximum absolute atomic E-state index is 7.54. The van der Waals surface area contributed by atoms with Crippen molar-refractivity contribution in [1.82, 2.24) is 0 Å². The first kappa shape index (κ1) is 45.4. The molecule has 0 bridgehead atoms. The Balaban J connectivity index is 1.13. The van der Waals surface area contributed by atoms with E-state index in [0.717, 1.165) is 66.9 Å². The molecule has 2 aliphatic heterocycles. The third kappa shape index (κ3) is 6.34. The Labute approximate surface area is 437 Å². The molecule has 0 saturated heterocycles. The molecule has 5 heteroatoms. The summed E-state index contributed by atoms with van der Waals surface area (Å²) in [5.41, 5.74) is 25.9. The lowest BCUT2D eigenvalue weighted by Gasteiger charge is -2.44. The normalized spacial score (nSPS) is 16.8. The molecule has 4 aliphatic rings. The van der Waals surface area contributed by atoms with Gasteiger partial charge in [-0.15, -0.1) is 0 Å². The first-order valence-electron chi connectivity index (χ1n) is 27.0. The van der Waals surface area contributed by atoms with Gasteiger partial charge in [-0.2, -0.15) is 0 Å². The quantitative estimate of drug-likeness (QED) is 0.165. The number of anilines is 5. The Morgan fingerprint density at radius 3 is 1.73 bits per heavy atom. The van der Waals surface area contributed by atoms with Gasteiger partial charge < -0.3 is 18.5 Å². The molecule has 0 atom stereocenters. The first-order chi connectivity index (χ1) is 35.2. The van der Waals surface area contributed by atoms with Crippen molar-refractivity contribution >= 4 is 79.3 Å². The lowest BCUT2D eigenvalue weighted by atomic mass is 9.45. The molecule has 0 saturated carbocycles. The van der Waals surface area contributed by atoms with Crippen LogP contribution >= 0.6 is 0 Å². The Hall–Kier alpha value is -7.24. The summed E-state index contributed by atoms with van der Waals surface area (Å²) in [5.74, 6) is 0. The predicted octanol–water partition coefficient (Wildman–Crippen LogP) is 18.0. The van der Waals surface area contributed by atoms with Gasteiger partial charge in [0.2, 0.25) is 0 Å². The van der Waals surface area contributed by atoms with E-state index in [0.29, 0.717) is 0 Å². The highest BCUT2D eigenvalue weighted by molar-refractivity contribution is 6.93. The van der Waals surface area contributed by atoms with Crippen molar-refractivity contribution in [3.63, 3.8) is 0 Å². The number of fused-ring (bicyclic) bond motifs is 14. The molecule has 14 rings (SSSR count). The lowest BCUT2D eigenvalue weighted by Crippen LogP contribution is -2.61. The van der Waals surface area contributed by atoms with Gasteiger partial charge in [-0.05, 0) is 168 Å². The second-order valence-corrected chi connectivity index (χ2v) is 26.0. The molecule has 4 heterocycles. The van der Waals surface area contributed by atoms with Crippen LogP contribution in [0.3, 0.4) is 0 Å². The van der Waals surface area contributed by atoms with Crippen LogP contribution in [0.5, 0.6) is 0 Å². The molecular formula is C69H65BN2O2. The van der Waals surface area contributed by atoms with Crippen molar-refractivity contribution in [3.8, 4) is 33.4 Å². The predicted molar refractivity (Wildman–Crippen MR) is 313 cm³/mol. The van der Waals surface area contributed by atoms with Crippen LogP contribution < -0.4 is 20.8 Å². The largest absolute Gasteiger partial charge is 0.466 e. The van der Waals surface area contributed by atoms with E-state index in [1.165, 1.54) is 85.2 Å². The van der Waals surface area contributed by atoms with E-state index in [2.05, 4.69) is 244 Å². The first-order valence-corrected chi connectivity index (χ1v) is 27.0. The van der Waals surface area contributed by atoms with Crippen LogP contribution in [0.1, 0.15) is 129 Å². The summed E-state index contributed by atoms with van der Waals surface area (Å²) >= 11 is 0. The minimum atomic E-state index is -0.350. The van der Waals surface area contributed by atoms with E-state index in [9.17, 15) is 0 Å². The van der Waals surface area contributed by atoms with Gasteiger partial charge in [-0.1, -0.05) is 168 Å². The molecule has 2 aromatic heterocycles. The second kappa shape index (κ2) is 15.0. The fourth-order valence-corrected chi connectivity index (χ4v) is 13.6. The van der Waals surface area contributed by atoms with Crippen molar-refractivity contribution in [2.45, 2.75) is 123 Å². The fourth-order valence-electron chi connectivity index (χ4n) is 13.6. The molecule has 0 fully saturated rings. The molecule has 10 aromatic rings.